The van der Waals surface area contributed by atoms with Crippen LogP contribution in [0.1, 0.15) is 0 Å². The van der Waals surface area contributed by atoms with Gasteiger partial charge in [0.2, 0.25) is 0 Å². The number of nitrogens with zero attached hydrogens (tertiary/aromatic N) is 3. The molecule has 8 aromatic rings. The predicted molar refractivity (Wildman–Crippen MR) is 161 cm³/mol. The number of H-pyrrole nitrogens is 1. The molecule has 3 heterocycles. The molecular formula is C35H22N4O. The topological polar surface area (TPSA) is 67.6 Å². The van der Waals surface area contributed by atoms with Gasteiger partial charge in [0.25, 0.3) is 0 Å². The van der Waals surface area contributed by atoms with Crippen molar-refractivity contribution < 1.29 is 4.42 Å². The molecule has 5 nitrogen and oxygen atoms in total. The predicted octanol–water partition coefficient (Wildman–Crippen LogP) is 8.92. The molecule has 8 rings (SSSR count). The summed E-state index contributed by atoms with van der Waals surface area (Å²) in [7, 11) is 0. The SMILES string of the molecule is c1ccc(-c2nc(-c3cccc4oc5ccccc5c34)c3[nH]c(-c4ccccc4-c4ccccc4)nc3n2)cc1. The highest BCUT2D eigenvalue weighted by Gasteiger charge is 2.21. The summed E-state index contributed by atoms with van der Waals surface area (Å²) in [6, 6.07) is 42.9. The first-order chi connectivity index (χ1) is 19.8. The molecule has 40 heavy (non-hydrogen) atoms. The molecule has 0 aliphatic rings. The lowest BCUT2D eigenvalue weighted by Gasteiger charge is -2.08. The molecule has 0 radical (unpaired) electrons. The monoisotopic (exact) mass is 514 g/mol. The van der Waals surface area contributed by atoms with E-state index in [0.29, 0.717) is 11.5 Å². The quantitative estimate of drug-likeness (QED) is 0.255. The summed E-state index contributed by atoms with van der Waals surface area (Å²) < 4.78 is 6.21. The standard InChI is InChI=1S/C35H22N4O/c1-3-12-22(13-4-1)24-16-7-8-17-25(24)34-37-32-31(36-33(38-35(32)39-34)23-14-5-2-6-15-23)27-19-11-21-29-30(27)26-18-9-10-20-28(26)40-29/h1-21H,(H,36,37,38,39). The average molecular weight is 515 g/mol. The van der Waals surface area contributed by atoms with Crippen LogP contribution in [0.15, 0.2) is 132 Å². The molecule has 0 amide bonds. The molecule has 0 aliphatic heterocycles. The number of para-hydroxylation sites is 1. The number of fused-ring (bicyclic) bond motifs is 4. The maximum Gasteiger partial charge on any atom is 0.182 e. The second-order valence-corrected chi connectivity index (χ2v) is 9.73. The second-order valence-electron chi connectivity index (χ2n) is 9.73. The van der Waals surface area contributed by atoms with E-state index in [1.807, 2.05) is 72.8 Å². The van der Waals surface area contributed by atoms with Gasteiger partial charge in [0.1, 0.15) is 28.2 Å². The molecule has 188 valence electrons. The molecule has 0 atom stereocenters. The third-order valence-electron chi connectivity index (χ3n) is 7.31. The summed E-state index contributed by atoms with van der Waals surface area (Å²) in [4.78, 5) is 18.7. The number of furan rings is 1. The maximum absolute atomic E-state index is 6.21. The zero-order chi connectivity index (χ0) is 26.5. The van der Waals surface area contributed by atoms with Gasteiger partial charge in [0.05, 0.1) is 0 Å². The van der Waals surface area contributed by atoms with Crippen molar-refractivity contribution in [3.63, 3.8) is 0 Å². The molecule has 0 unspecified atom stereocenters. The van der Waals surface area contributed by atoms with Crippen LogP contribution in [0.5, 0.6) is 0 Å². The van der Waals surface area contributed by atoms with Gasteiger partial charge in [-0.15, -0.1) is 0 Å². The van der Waals surface area contributed by atoms with Gasteiger partial charge in [-0.05, 0) is 23.3 Å². The molecule has 0 saturated carbocycles. The third kappa shape index (κ3) is 3.60. The minimum absolute atomic E-state index is 0.617. The van der Waals surface area contributed by atoms with Crippen LogP contribution >= 0.6 is 0 Å². The number of aromatic nitrogens is 4. The van der Waals surface area contributed by atoms with E-state index in [1.54, 1.807) is 0 Å². The fourth-order valence-corrected chi connectivity index (χ4v) is 5.47. The van der Waals surface area contributed by atoms with E-state index in [9.17, 15) is 0 Å². The average Bonchev–Trinajstić information content (AvgIpc) is 3.63. The van der Waals surface area contributed by atoms with Gasteiger partial charge >= 0.3 is 0 Å². The summed E-state index contributed by atoms with van der Waals surface area (Å²) in [5, 5.41) is 2.08. The van der Waals surface area contributed by atoms with E-state index >= 15 is 0 Å². The first kappa shape index (κ1) is 22.4. The first-order valence-corrected chi connectivity index (χ1v) is 13.2. The third-order valence-corrected chi connectivity index (χ3v) is 7.31. The number of imidazole rings is 1. The fourth-order valence-electron chi connectivity index (χ4n) is 5.47. The highest BCUT2D eigenvalue weighted by atomic mass is 16.3. The van der Waals surface area contributed by atoms with Crippen molar-refractivity contribution >= 4 is 33.1 Å². The Morgan fingerprint density at radius 2 is 1.15 bits per heavy atom. The van der Waals surface area contributed by atoms with E-state index in [0.717, 1.165) is 66.8 Å². The number of hydrogen-bond acceptors (Lipinski definition) is 4. The van der Waals surface area contributed by atoms with Crippen molar-refractivity contribution in [3.8, 4) is 45.2 Å². The van der Waals surface area contributed by atoms with Crippen LogP contribution in [0.3, 0.4) is 0 Å². The summed E-state index contributed by atoms with van der Waals surface area (Å²) in [6.45, 7) is 0. The van der Waals surface area contributed by atoms with Gasteiger partial charge in [-0.2, -0.15) is 0 Å². The number of nitrogens with one attached hydrogen (secondary N) is 1. The van der Waals surface area contributed by atoms with Gasteiger partial charge in [0, 0.05) is 27.5 Å². The normalized spacial score (nSPS) is 11.5. The Kier molecular flexibility index (Phi) is 5.07. The lowest BCUT2D eigenvalue weighted by molar-refractivity contribution is 0.669. The Labute approximate surface area is 229 Å². The van der Waals surface area contributed by atoms with E-state index < -0.39 is 0 Å². The highest BCUT2D eigenvalue weighted by Crippen LogP contribution is 2.39. The smallest absolute Gasteiger partial charge is 0.182 e. The Balaban J connectivity index is 1.43. The van der Waals surface area contributed by atoms with Gasteiger partial charge in [-0.3, -0.25) is 0 Å². The Morgan fingerprint density at radius 3 is 1.98 bits per heavy atom. The van der Waals surface area contributed by atoms with E-state index in [1.165, 1.54) is 0 Å². The molecule has 0 aliphatic carbocycles. The van der Waals surface area contributed by atoms with Crippen molar-refractivity contribution in [2.45, 2.75) is 0 Å². The highest BCUT2D eigenvalue weighted by molar-refractivity contribution is 6.14. The Hall–Kier alpha value is -5.55. The lowest BCUT2D eigenvalue weighted by atomic mass is 9.99. The summed E-state index contributed by atoms with van der Waals surface area (Å²) in [5.74, 6) is 1.38. The maximum atomic E-state index is 6.21. The Bertz CT molecular complexity index is 2160. The van der Waals surface area contributed by atoms with Crippen molar-refractivity contribution in [2.24, 2.45) is 0 Å². The molecule has 3 aromatic heterocycles. The molecule has 0 spiro atoms. The zero-order valence-electron chi connectivity index (χ0n) is 21.4. The van der Waals surface area contributed by atoms with Crippen LogP contribution in [0.25, 0.3) is 78.3 Å². The minimum atomic E-state index is 0.617. The van der Waals surface area contributed by atoms with Gasteiger partial charge in [0.15, 0.2) is 11.5 Å². The van der Waals surface area contributed by atoms with Crippen molar-refractivity contribution in [1.29, 1.82) is 0 Å². The van der Waals surface area contributed by atoms with Crippen LogP contribution < -0.4 is 0 Å². The van der Waals surface area contributed by atoms with Crippen LogP contribution in [-0.2, 0) is 0 Å². The summed E-state index contributed by atoms with van der Waals surface area (Å²) in [5.41, 5.74) is 9.00. The van der Waals surface area contributed by atoms with Crippen LogP contribution in [0.4, 0.5) is 0 Å². The largest absolute Gasteiger partial charge is 0.456 e. The summed E-state index contributed by atoms with van der Waals surface area (Å²) >= 11 is 0. The van der Waals surface area contributed by atoms with Gasteiger partial charge in [-0.1, -0.05) is 115 Å². The molecule has 1 N–H and O–H groups in total. The molecule has 5 aromatic carbocycles. The first-order valence-electron chi connectivity index (χ1n) is 13.2. The summed E-state index contributed by atoms with van der Waals surface area (Å²) in [6.07, 6.45) is 0. The van der Waals surface area contributed by atoms with Crippen LogP contribution in [0.2, 0.25) is 0 Å². The number of hydrogen-bond donors (Lipinski definition) is 1. The Morgan fingerprint density at radius 1 is 0.500 bits per heavy atom. The zero-order valence-corrected chi connectivity index (χ0v) is 21.4. The van der Waals surface area contributed by atoms with E-state index in [-0.39, 0.29) is 0 Å². The van der Waals surface area contributed by atoms with Crippen LogP contribution in [0, 0.1) is 0 Å². The molecule has 0 bridgehead atoms. The number of rotatable bonds is 4. The lowest BCUT2D eigenvalue weighted by Crippen LogP contribution is -1.95. The van der Waals surface area contributed by atoms with Gasteiger partial charge < -0.3 is 9.40 Å². The second kappa shape index (κ2) is 9.03. The van der Waals surface area contributed by atoms with Crippen molar-refractivity contribution in [1.82, 2.24) is 19.9 Å². The minimum Gasteiger partial charge on any atom is -0.456 e. The van der Waals surface area contributed by atoms with Crippen molar-refractivity contribution in [3.05, 3.63) is 127 Å². The molecule has 5 heteroatoms. The fraction of sp³-hybridized carbons (Fsp3) is 0. The number of benzene rings is 5. The van der Waals surface area contributed by atoms with Gasteiger partial charge in [-0.25, -0.2) is 15.0 Å². The van der Waals surface area contributed by atoms with E-state index in [2.05, 4.69) is 59.6 Å². The van der Waals surface area contributed by atoms with Crippen LogP contribution in [-0.4, -0.2) is 19.9 Å². The van der Waals surface area contributed by atoms with E-state index in [4.69, 9.17) is 19.4 Å². The number of aromatic amines is 1. The molecule has 0 fully saturated rings. The molecule has 0 saturated heterocycles. The molecular weight excluding hydrogens is 492 g/mol. The van der Waals surface area contributed by atoms with Crippen molar-refractivity contribution in [2.75, 3.05) is 0 Å².